The highest BCUT2D eigenvalue weighted by Crippen LogP contribution is 2.30. The quantitative estimate of drug-likeness (QED) is 0.368. The number of aliphatic carboxylic acids is 1. The van der Waals surface area contributed by atoms with Crippen LogP contribution in [0.4, 0.5) is 11.5 Å². The third kappa shape index (κ3) is 5.27. The van der Waals surface area contributed by atoms with Gasteiger partial charge >= 0.3 is 11.9 Å². The molecule has 0 aliphatic carbocycles. The number of phenolic OH excluding ortho intramolecular Hbond substituents is 1. The molecule has 0 amide bonds. The first-order chi connectivity index (χ1) is 14.9. The number of nitrogens with one attached hydrogen (secondary N) is 1. The zero-order valence-electron chi connectivity index (χ0n) is 17.0. The van der Waals surface area contributed by atoms with Crippen LogP contribution < -0.4 is 10.1 Å². The van der Waals surface area contributed by atoms with Gasteiger partial charge in [-0.25, -0.2) is 14.8 Å². The standard InChI is InChI=1S/C22H21N3O6/c1-3-31-22(29)16-12-23-20(14-5-7-15(30-2)8-6-14)25-21(16)24-17-10-13(11-19(27)28)4-9-18(17)26/h4-10,12,26H,3,11H2,1-2H3,(H,27,28)(H,23,24,25). The van der Waals surface area contributed by atoms with E-state index in [1.807, 2.05) is 0 Å². The number of anilines is 2. The summed E-state index contributed by atoms with van der Waals surface area (Å²) in [5.74, 6) is -0.652. The van der Waals surface area contributed by atoms with Crippen LogP contribution in [-0.4, -0.2) is 45.8 Å². The maximum absolute atomic E-state index is 12.4. The van der Waals surface area contributed by atoms with Crippen molar-refractivity contribution in [2.75, 3.05) is 19.0 Å². The van der Waals surface area contributed by atoms with E-state index >= 15 is 0 Å². The van der Waals surface area contributed by atoms with Crippen molar-refractivity contribution in [1.29, 1.82) is 0 Å². The van der Waals surface area contributed by atoms with Crippen molar-refractivity contribution in [3.63, 3.8) is 0 Å². The number of esters is 1. The summed E-state index contributed by atoms with van der Waals surface area (Å²) in [5.41, 5.74) is 1.42. The van der Waals surface area contributed by atoms with Crippen molar-refractivity contribution in [3.05, 3.63) is 59.8 Å². The van der Waals surface area contributed by atoms with Crippen LogP contribution in [0.2, 0.25) is 0 Å². The number of benzene rings is 2. The van der Waals surface area contributed by atoms with Gasteiger partial charge in [0.2, 0.25) is 0 Å². The van der Waals surface area contributed by atoms with Crippen LogP contribution in [0.25, 0.3) is 11.4 Å². The van der Waals surface area contributed by atoms with E-state index in [1.165, 1.54) is 24.4 Å². The molecule has 0 saturated carbocycles. The molecule has 0 bridgehead atoms. The molecule has 0 unspecified atom stereocenters. The summed E-state index contributed by atoms with van der Waals surface area (Å²) >= 11 is 0. The number of phenols is 1. The Bertz CT molecular complexity index is 1100. The number of carbonyl (C=O) groups is 2. The highest BCUT2D eigenvalue weighted by Gasteiger charge is 2.18. The number of hydrogen-bond acceptors (Lipinski definition) is 8. The van der Waals surface area contributed by atoms with Gasteiger partial charge in [-0.3, -0.25) is 4.79 Å². The lowest BCUT2D eigenvalue weighted by Crippen LogP contribution is -2.11. The first kappa shape index (κ1) is 21.6. The maximum atomic E-state index is 12.4. The van der Waals surface area contributed by atoms with E-state index in [2.05, 4.69) is 15.3 Å². The average molecular weight is 423 g/mol. The lowest BCUT2D eigenvalue weighted by atomic mass is 10.1. The van der Waals surface area contributed by atoms with Crippen molar-refractivity contribution in [1.82, 2.24) is 9.97 Å². The van der Waals surface area contributed by atoms with Gasteiger partial charge in [0.1, 0.15) is 22.9 Å². The molecule has 9 heteroatoms. The fourth-order valence-electron chi connectivity index (χ4n) is 2.81. The molecule has 3 rings (SSSR count). The van der Waals surface area contributed by atoms with Crippen LogP contribution in [-0.2, 0) is 16.0 Å². The Morgan fingerprint density at radius 3 is 2.52 bits per heavy atom. The van der Waals surface area contributed by atoms with Crippen LogP contribution in [0.15, 0.2) is 48.7 Å². The zero-order valence-corrected chi connectivity index (χ0v) is 17.0. The summed E-state index contributed by atoms with van der Waals surface area (Å²) in [7, 11) is 1.56. The molecule has 0 saturated heterocycles. The fraction of sp³-hybridized carbons (Fsp3) is 0.182. The van der Waals surface area contributed by atoms with Crippen LogP contribution in [0, 0.1) is 0 Å². The summed E-state index contributed by atoms with van der Waals surface area (Å²) in [6.07, 6.45) is 1.12. The largest absolute Gasteiger partial charge is 0.506 e. The van der Waals surface area contributed by atoms with Crippen molar-refractivity contribution in [2.45, 2.75) is 13.3 Å². The second-order valence-corrected chi connectivity index (χ2v) is 6.45. The lowest BCUT2D eigenvalue weighted by Gasteiger charge is -2.14. The summed E-state index contributed by atoms with van der Waals surface area (Å²) in [5, 5.41) is 22.1. The first-order valence-corrected chi connectivity index (χ1v) is 9.40. The van der Waals surface area contributed by atoms with Gasteiger partial charge in [-0.05, 0) is 48.9 Å². The van der Waals surface area contributed by atoms with Crippen molar-refractivity contribution < 1.29 is 29.3 Å². The molecule has 3 aromatic rings. The fourth-order valence-corrected chi connectivity index (χ4v) is 2.81. The monoisotopic (exact) mass is 423 g/mol. The van der Waals surface area contributed by atoms with Crippen LogP contribution >= 0.6 is 0 Å². The predicted octanol–water partition coefficient (Wildman–Crippen LogP) is 3.41. The zero-order chi connectivity index (χ0) is 22.4. The van der Waals surface area contributed by atoms with E-state index in [0.29, 0.717) is 22.7 Å². The Balaban J connectivity index is 2.03. The van der Waals surface area contributed by atoms with Crippen molar-refractivity contribution in [2.24, 2.45) is 0 Å². The normalized spacial score (nSPS) is 10.4. The molecular weight excluding hydrogens is 402 g/mol. The van der Waals surface area contributed by atoms with Gasteiger partial charge in [0.05, 0.1) is 25.8 Å². The molecule has 9 nitrogen and oxygen atoms in total. The van der Waals surface area contributed by atoms with Crippen LogP contribution in [0.1, 0.15) is 22.8 Å². The summed E-state index contributed by atoms with van der Waals surface area (Å²) in [6, 6.07) is 11.4. The van der Waals surface area contributed by atoms with Crippen molar-refractivity contribution in [3.8, 4) is 22.9 Å². The van der Waals surface area contributed by atoms with Gasteiger partial charge in [-0.1, -0.05) is 6.07 Å². The molecule has 1 aromatic heterocycles. The van der Waals surface area contributed by atoms with Gasteiger partial charge in [-0.2, -0.15) is 0 Å². The van der Waals surface area contributed by atoms with Gasteiger partial charge < -0.3 is 25.0 Å². The maximum Gasteiger partial charge on any atom is 0.343 e. The number of rotatable bonds is 8. The second-order valence-electron chi connectivity index (χ2n) is 6.45. The highest BCUT2D eigenvalue weighted by atomic mass is 16.5. The number of methoxy groups -OCH3 is 1. The first-order valence-electron chi connectivity index (χ1n) is 9.40. The number of hydrogen-bond donors (Lipinski definition) is 3. The van der Waals surface area contributed by atoms with Gasteiger partial charge in [0.25, 0.3) is 0 Å². The molecule has 0 fully saturated rings. The molecule has 1 heterocycles. The molecule has 3 N–H and O–H groups in total. The van der Waals surface area contributed by atoms with E-state index in [4.69, 9.17) is 14.6 Å². The number of carboxylic acid groups (broad SMARTS) is 1. The number of ether oxygens (including phenoxy) is 2. The van der Waals surface area contributed by atoms with Crippen LogP contribution in [0.5, 0.6) is 11.5 Å². The Morgan fingerprint density at radius 1 is 1.13 bits per heavy atom. The number of aromatic nitrogens is 2. The third-order valence-electron chi connectivity index (χ3n) is 4.30. The summed E-state index contributed by atoms with van der Waals surface area (Å²) < 4.78 is 10.2. The summed E-state index contributed by atoms with van der Waals surface area (Å²) in [6.45, 7) is 1.84. The average Bonchev–Trinajstić information content (AvgIpc) is 2.76. The third-order valence-corrected chi connectivity index (χ3v) is 4.30. The van der Waals surface area contributed by atoms with Gasteiger partial charge in [-0.15, -0.1) is 0 Å². The van der Waals surface area contributed by atoms with E-state index in [-0.39, 0.29) is 35.8 Å². The number of aromatic hydroxyl groups is 1. The SMILES string of the molecule is CCOC(=O)c1cnc(-c2ccc(OC)cc2)nc1Nc1cc(CC(=O)O)ccc1O. The molecule has 0 atom stereocenters. The highest BCUT2D eigenvalue weighted by molar-refractivity contribution is 5.95. The van der Waals surface area contributed by atoms with E-state index in [0.717, 1.165) is 0 Å². The molecule has 31 heavy (non-hydrogen) atoms. The minimum atomic E-state index is -1.01. The molecule has 0 aliphatic rings. The molecule has 2 aromatic carbocycles. The number of carboxylic acids is 1. The smallest absolute Gasteiger partial charge is 0.343 e. The number of carbonyl (C=O) groups excluding carboxylic acids is 1. The minimum Gasteiger partial charge on any atom is -0.506 e. The van der Waals surface area contributed by atoms with E-state index in [1.54, 1.807) is 38.3 Å². The Labute approximate surface area is 178 Å². The number of nitrogens with zero attached hydrogens (tertiary/aromatic N) is 2. The topological polar surface area (TPSA) is 131 Å². The van der Waals surface area contributed by atoms with Gasteiger partial charge in [0.15, 0.2) is 5.82 Å². The Kier molecular flexibility index (Phi) is 6.66. The van der Waals surface area contributed by atoms with Crippen LogP contribution in [0.3, 0.4) is 0 Å². The molecule has 0 aliphatic heterocycles. The predicted molar refractivity (Wildman–Crippen MR) is 113 cm³/mol. The van der Waals surface area contributed by atoms with E-state index in [9.17, 15) is 14.7 Å². The Hall–Kier alpha value is -4.14. The lowest BCUT2D eigenvalue weighted by molar-refractivity contribution is -0.136. The second kappa shape index (κ2) is 9.57. The van der Waals surface area contributed by atoms with Gasteiger partial charge in [0, 0.05) is 11.8 Å². The molecule has 0 radical (unpaired) electrons. The molecular formula is C22H21N3O6. The summed E-state index contributed by atoms with van der Waals surface area (Å²) in [4.78, 5) is 32.1. The van der Waals surface area contributed by atoms with E-state index < -0.39 is 11.9 Å². The molecule has 160 valence electrons. The minimum absolute atomic E-state index is 0.0714. The van der Waals surface area contributed by atoms with Crippen molar-refractivity contribution >= 4 is 23.4 Å². The molecule has 0 spiro atoms. The Morgan fingerprint density at radius 2 is 1.87 bits per heavy atom.